The quantitative estimate of drug-likeness (QED) is 0.255. The number of aromatic nitrogens is 2. The van der Waals surface area contributed by atoms with E-state index in [1.165, 1.54) is 11.8 Å². The SMILES string of the molecule is CCOc1ccc(-c2cnc(Nc3cccc(S(C)(=N)=O)c3)nc2NCCc2ccccc2)cc1. The maximum Gasteiger partial charge on any atom is 0.229 e. The molecule has 0 aliphatic carbocycles. The minimum Gasteiger partial charge on any atom is -0.494 e. The monoisotopic (exact) mass is 487 g/mol. The minimum absolute atomic E-state index is 0.409. The van der Waals surface area contributed by atoms with Crippen LogP contribution in [0.1, 0.15) is 12.5 Å². The molecule has 0 bridgehead atoms. The van der Waals surface area contributed by atoms with Crippen molar-refractivity contribution < 1.29 is 8.95 Å². The lowest BCUT2D eigenvalue weighted by Gasteiger charge is -2.14. The Morgan fingerprint density at radius 3 is 2.49 bits per heavy atom. The standard InChI is InChI=1S/C27H29N5O2S/c1-3-34-23-14-12-21(13-15-23)25-19-30-27(31-22-10-7-11-24(18-22)35(2,28)33)32-26(25)29-17-16-20-8-5-4-6-9-20/h4-15,18-19,28H,3,16-17H2,1-2H3,(H2,29,30,31,32). The van der Waals surface area contributed by atoms with Crippen LogP contribution in [0.4, 0.5) is 17.5 Å². The molecule has 0 saturated heterocycles. The van der Waals surface area contributed by atoms with E-state index in [9.17, 15) is 4.21 Å². The molecule has 0 saturated carbocycles. The molecule has 0 amide bonds. The van der Waals surface area contributed by atoms with Crippen molar-refractivity contribution in [3.05, 3.63) is 90.6 Å². The molecule has 1 atom stereocenters. The molecule has 1 aromatic heterocycles. The number of hydrogen-bond acceptors (Lipinski definition) is 7. The van der Waals surface area contributed by atoms with Crippen LogP contribution in [0.5, 0.6) is 5.75 Å². The van der Waals surface area contributed by atoms with Gasteiger partial charge in [0.2, 0.25) is 5.95 Å². The van der Waals surface area contributed by atoms with Crippen molar-refractivity contribution in [3.63, 3.8) is 0 Å². The van der Waals surface area contributed by atoms with Gasteiger partial charge < -0.3 is 15.4 Å². The van der Waals surface area contributed by atoms with Crippen LogP contribution in [-0.4, -0.2) is 33.6 Å². The molecule has 8 heteroatoms. The molecule has 0 aliphatic heterocycles. The number of rotatable bonds is 10. The molecule has 0 radical (unpaired) electrons. The zero-order valence-corrected chi connectivity index (χ0v) is 20.6. The van der Waals surface area contributed by atoms with Crippen molar-refractivity contribution in [1.82, 2.24) is 9.97 Å². The molecule has 35 heavy (non-hydrogen) atoms. The van der Waals surface area contributed by atoms with Gasteiger partial charge in [-0.2, -0.15) is 4.98 Å². The number of nitrogens with one attached hydrogen (secondary N) is 3. The fourth-order valence-corrected chi connectivity index (χ4v) is 4.29. The summed E-state index contributed by atoms with van der Waals surface area (Å²) in [5.74, 6) is 1.93. The number of nitrogens with zero attached hydrogens (tertiary/aromatic N) is 2. The van der Waals surface area contributed by atoms with Crippen LogP contribution in [0, 0.1) is 4.78 Å². The summed E-state index contributed by atoms with van der Waals surface area (Å²) in [5.41, 5.74) is 3.77. The molecule has 7 nitrogen and oxygen atoms in total. The molecule has 4 aromatic rings. The fourth-order valence-electron chi connectivity index (χ4n) is 3.60. The molecule has 3 aromatic carbocycles. The van der Waals surface area contributed by atoms with Crippen LogP contribution in [0.2, 0.25) is 0 Å². The summed E-state index contributed by atoms with van der Waals surface area (Å²) in [4.78, 5) is 9.71. The van der Waals surface area contributed by atoms with Crippen molar-refractivity contribution in [1.29, 1.82) is 4.78 Å². The number of benzene rings is 3. The number of anilines is 3. The van der Waals surface area contributed by atoms with E-state index in [-0.39, 0.29) is 0 Å². The highest BCUT2D eigenvalue weighted by Gasteiger charge is 2.11. The zero-order valence-electron chi connectivity index (χ0n) is 19.8. The van der Waals surface area contributed by atoms with Crippen LogP contribution in [0.25, 0.3) is 11.1 Å². The first-order valence-electron chi connectivity index (χ1n) is 11.4. The molecule has 1 heterocycles. The number of ether oxygens (including phenoxy) is 1. The lowest BCUT2D eigenvalue weighted by atomic mass is 10.1. The largest absolute Gasteiger partial charge is 0.494 e. The van der Waals surface area contributed by atoms with E-state index in [0.29, 0.717) is 35.5 Å². The van der Waals surface area contributed by atoms with Crippen LogP contribution >= 0.6 is 0 Å². The summed E-state index contributed by atoms with van der Waals surface area (Å²) in [6.45, 7) is 3.28. The Morgan fingerprint density at radius 2 is 1.77 bits per heavy atom. The molecular weight excluding hydrogens is 458 g/mol. The van der Waals surface area contributed by atoms with Gasteiger partial charge in [0.25, 0.3) is 0 Å². The Balaban J connectivity index is 1.60. The topological polar surface area (TPSA) is 100.0 Å². The minimum atomic E-state index is -2.82. The second-order valence-corrected chi connectivity index (χ2v) is 10.2. The van der Waals surface area contributed by atoms with E-state index in [0.717, 1.165) is 23.3 Å². The summed E-state index contributed by atoms with van der Waals surface area (Å²) >= 11 is 0. The van der Waals surface area contributed by atoms with Gasteiger partial charge in [0.05, 0.1) is 16.3 Å². The first kappa shape index (κ1) is 24.2. The van der Waals surface area contributed by atoms with Gasteiger partial charge in [0, 0.05) is 35.1 Å². The lowest BCUT2D eigenvalue weighted by molar-refractivity contribution is 0.340. The maximum absolute atomic E-state index is 12.1. The maximum atomic E-state index is 12.1. The summed E-state index contributed by atoms with van der Waals surface area (Å²) in [5, 5.41) is 6.64. The molecule has 0 spiro atoms. The fraction of sp³-hybridized carbons (Fsp3) is 0.185. The Hall–Kier alpha value is -3.91. The Kier molecular flexibility index (Phi) is 7.62. The predicted octanol–water partition coefficient (Wildman–Crippen LogP) is 5.98. The Bertz CT molecular complexity index is 1370. The van der Waals surface area contributed by atoms with E-state index in [2.05, 4.69) is 27.8 Å². The van der Waals surface area contributed by atoms with Crippen molar-refractivity contribution in [2.24, 2.45) is 0 Å². The first-order valence-corrected chi connectivity index (χ1v) is 13.4. The molecule has 3 N–H and O–H groups in total. The van der Waals surface area contributed by atoms with Gasteiger partial charge in [-0.3, -0.25) is 0 Å². The van der Waals surface area contributed by atoms with E-state index in [4.69, 9.17) is 14.5 Å². The van der Waals surface area contributed by atoms with E-state index >= 15 is 0 Å². The summed E-state index contributed by atoms with van der Waals surface area (Å²) in [6, 6.07) is 25.1. The second-order valence-electron chi connectivity index (χ2n) is 8.07. The van der Waals surface area contributed by atoms with Crippen LogP contribution in [0.3, 0.4) is 0 Å². The third-order valence-electron chi connectivity index (χ3n) is 5.35. The van der Waals surface area contributed by atoms with Crippen LogP contribution in [-0.2, 0) is 16.1 Å². The average molecular weight is 488 g/mol. The normalized spacial score (nSPS) is 12.5. The highest BCUT2D eigenvalue weighted by molar-refractivity contribution is 7.91. The zero-order chi connectivity index (χ0) is 24.7. The summed E-state index contributed by atoms with van der Waals surface area (Å²) in [6.07, 6.45) is 4.04. The van der Waals surface area contributed by atoms with E-state index < -0.39 is 9.73 Å². The number of hydrogen-bond donors (Lipinski definition) is 3. The van der Waals surface area contributed by atoms with Gasteiger partial charge in [-0.1, -0.05) is 48.5 Å². The predicted molar refractivity (Wildman–Crippen MR) is 142 cm³/mol. The molecule has 1 unspecified atom stereocenters. The van der Waals surface area contributed by atoms with Gasteiger partial charge in [0.15, 0.2) is 0 Å². The van der Waals surface area contributed by atoms with Gasteiger partial charge in [-0.15, -0.1) is 0 Å². The van der Waals surface area contributed by atoms with Gasteiger partial charge >= 0.3 is 0 Å². The molecule has 0 fully saturated rings. The molecule has 0 aliphatic rings. The van der Waals surface area contributed by atoms with Gasteiger partial charge in [-0.25, -0.2) is 14.0 Å². The van der Waals surface area contributed by atoms with Crippen LogP contribution < -0.4 is 15.4 Å². The van der Waals surface area contributed by atoms with Crippen molar-refractivity contribution in [2.75, 3.05) is 30.0 Å². The summed E-state index contributed by atoms with van der Waals surface area (Å²) < 4.78 is 25.6. The Morgan fingerprint density at radius 1 is 1.00 bits per heavy atom. The van der Waals surface area contributed by atoms with E-state index in [1.54, 1.807) is 24.4 Å². The highest BCUT2D eigenvalue weighted by Crippen LogP contribution is 2.29. The van der Waals surface area contributed by atoms with Crippen molar-refractivity contribution in [3.8, 4) is 16.9 Å². The first-order chi connectivity index (χ1) is 16.9. The molecular formula is C27H29N5O2S. The Labute approximate surface area is 206 Å². The van der Waals surface area contributed by atoms with E-state index in [1.807, 2.05) is 55.5 Å². The smallest absolute Gasteiger partial charge is 0.229 e. The summed E-state index contributed by atoms with van der Waals surface area (Å²) in [7, 11) is -2.82. The highest BCUT2D eigenvalue weighted by atomic mass is 32.2. The molecule has 4 rings (SSSR count). The lowest BCUT2D eigenvalue weighted by Crippen LogP contribution is -2.09. The van der Waals surface area contributed by atoms with Crippen molar-refractivity contribution >= 4 is 27.2 Å². The van der Waals surface area contributed by atoms with Crippen molar-refractivity contribution in [2.45, 2.75) is 18.2 Å². The third-order valence-corrected chi connectivity index (χ3v) is 6.51. The average Bonchev–Trinajstić information content (AvgIpc) is 2.85. The van der Waals surface area contributed by atoms with Crippen LogP contribution in [0.15, 0.2) is 90.0 Å². The molecule has 180 valence electrons. The van der Waals surface area contributed by atoms with Gasteiger partial charge in [0.1, 0.15) is 11.6 Å². The second kappa shape index (κ2) is 11.0. The third kappa shape index (κ3) is 6.58. The van der Waals surface area contributed by atoms with Gasteiger partial charge in [-0.05, 0) is 54.8 Å².